The van der Waals surface area contributed by atoms with Gasteiger partial charge < -0.3 is 10.5 Å². The summed E-state index contributed by atoms with van der Waals surface area (Å²) < 4.78 is 6.09. The van der Waals surface area contributed by atoms with Crippen molar-refractivity contribution >= 4 is 45.8 Å². The first-order chi connectivity index (χ1) is 12.8. The second-order valence-corrected chi connectivity index (χ2v) is 6.03. The second-order valence-electron chi connectivity index (χ2n) is 5.59. The first-order valence-electron chi connectivity index (χ1n) is 7.90. The summed E-state index contributed by atoms with van der Waals surface area (Å²) in [6, 6.07) is 9.85. The molecule has 0 aliphatic carbocycles. The Bertz CT molecular complexity index is 1090. The molecule has 0 atom stereocenters. The van der Waals surface area contributed by atoms with Crippen LogP contribution < -0.4 is 5.73 Å². The molecule has 8 nitrogen and oxygen atoms in total. The largest absolute Gasteiger partial charge is 0.449 e. The van der Waals surface area contributed by atoms with E-state index in [1.807, 2.05) is 0 Å². The summed E-state index contributed by atoms with van der Waals surface area (Å²) in [5, 5.41) is 11.8. The topological polar surface area (TPSA) is 117 Å². The second kappa shape index (κ2) is 7.08. The van der Waals surface area contributed by atoms with Gasteiger partial charge in [0.1, 0.15) is 5.69 Å². The molecule has 138 valence electrons. The van der Waals surface area contributed by atoms with Gasteiger partial charge in [0.15, 0.2) is 0 Å². The molecule has 0 radical (unpaired) electrons. The maximum absolute atomic E-state index is 13.1. The van der Waals surface area contributed by atoms with E-state index in [4.69, 9.17) is 22.1 Å². The number of halogens is 1. The van der Waals surface area contributed by atoms with Crippen LogP contribution in [-0.4, -0.2) is 28.0 Å². The summed E-state index contributed by atoms with van der Waals surface area (Å²) in [5.74, 6) is -0.642. The van der Waals surface area contributed by atoms with Gasteiger partial charge in [-0.3, -0.25) is 14.9 Å². The predicted molar refractivity (Wildman–Crippen MR) is 100 cm³/mol. The summed E-state index contributed by atoms with van der Waals surface area (Å²) >= 11 is 6.02. The van der Waals surface area contributed by atoms with Gasteiger partial charge >= 0.3 is 6.09 Å². The van der Waals surface area contributed by atoms with Crippen molar-refractivity contribution in [2.24, 2.45) is 0 Å². The first-order valence-corrected chi connectivity index (χ1v) is 8.28. The number of nitrogens with zero attached hydrogens (tertiary/aromatic N) is 2. The molecule has 0 saturated carbocycles. The lowest BCUT2D eigenvalue weighted by Gasteiger charge is -2.09. The Morgan fingerprint density at radius 2 is 2.00 bits per heavy atom. The van der Waals surface area contributed by atoms with Gasteiger partial charge in [-0.15, -0.1) is 0 Å². The van der Waals surface area contributed by atoms with Crippen molar-refractivity contribution in [3.63, 3.8) is 0 Å². The number of nitro groups is 1. The summed E-state index contributed by atoms with van der Waals surface area (Å²) in [4.78, 5) is 35.9. The predicted octanol–water partition coefficient (Wildman–Crippen LogP) is 4.02. The fourth-order valence-electron chi connectivity index (χ4n) is 2.78. The van der Waals surface area contributed by atoms with Crippen LogP contribution in [0.25, 0.3) is 10.9 Å². The number of benzene rings is 2. The number of ether oxygens (including phenoxy) is 1. The fraction of sp³-hybridized carbons (Fsp3) is 0.111. The van der Waals surface area contributed by atoms with Crippen LogP contribution >= 0.6 is 11.6 Å². The van der Waals surface area contributed by atoms with Crippen LogP contribution in [-0.2, 0) is 4.74 Å². The number of nitrogen functional groups attached to an aromatic ring is 1. The van der Waals surface area contributed by atoms with E-state index < -0.39 is 16.8 Å². The lowest BCUT2D eigenvalue weighted by atomic mass is 10.1. The zero-order valence-corrected chi connectivity index (χ0v) is 14.9. The third-order valence-electron chi connectivity index (χ3n) is 3.95. The van der Waals surface area contributed by atoms with Crippen molar-refractivity contribution in [2.45, 2.75) is 6.92 Å². The molecule has 27 heavy (non-hydrogen) atoms. The molecule has 0 bridgehead atoms. The number of ketones is 1. The minimum atomic E-state index is -0.796. The Hall–Kier alpha value is -3.39. The molecular formula is C18H14ClN3O5. The van der Waals surface area contributed by atoms with Crippen LogP contribution in [0.1, 0.15) is 23.0 Å². The fourth-order valence-corrected chi connectivity index (χ4v) is 2.95. The molecule has 2 N–H and O–H groups in total. The van der Waals surface area contributed by atoms with Crippen molar-refractivity contribution < 1.29 is 19.2 Å². The number of nitrogens with two attached hydrogens (primary N) is 1. The van der Waals surface area contributed by atoms with Gasteiger partial charge in [0, 0.05) is 28.1 Å². The van der Waals surface area contributed by atoms with Gasteiger partial charge in [-0.2, -0.15) is 0 Å². The number of non-ortho nitro benzene ring substituents is 1. The highest BCUT2D eigenvalue weighted by Crippen LogP contribution is 2.33. The quantitative estimate of drug-likeness (QED) is 0.410. The van der Waals surface area contributed by atoms with Crippen LogP contribution in [0.4, 0.5) is 16.2 Å². The molecule has 3 rings (SSSR count). The number of fused-ring (bicyclic) bond motifs is 1. The molecule has 0 amide bonds. The molecule has 0 fully saturated rings. The SMILES string of the molecule is CCOC(=O)n1c(C(=O)c2cccc([N+](=O)[O-])c2)c(N)c2ccc(Cl)cc21. The van der Waals surface area contributed by atoms with E-state index in [1.54, 1.807) is 19.1 Å². The molecule has 1 aromatic heterocycles. The third kappa shape index (κ3) is 3.22. The number of rotatable bonds is 4. The number of nitro benzene ring substituents is 1. The van der Waals surface area contributed by atoms with Gasteiger partial charge in [-0.1, -0.05) is 23.7 Å². The lowest BCUT2D eigenvalue weighted by molar-refractivity contribution is -0.384. The van der Waals surface area contributed by atoms with E-state index in [2.05, 4.69) is 0 Å². The molecule has 0 aliphatic rings. The molecule has 0 spiro atoms. The smallest absolute Gasteiger partial charge is 0.419 e. The molecule has 9 heteroatoms. The zero-order chi connectivity index (χ0) is 19.7. The summed E-state index contributed by atoms with van der Waals surface area (Å²) in [5.41, 5.74) is 6.15. The normalized spacial score (nSPS) is 10.7. The van der Waals surface area contributed by atoms with Crippen LogP contribution in [0, 0.1) is 10.1 Å². The highest BCUT2D eigenvalue weighted by Gasteiger charge is 2.27. The molecular weight excluding hydrogens is 374 g/mol. The number of anilines is 1. The Morgan fingerprint density at radius 3 is 2.67 bits per heavy atom. The molecule has 0 saturated heterocycles. The summed E-state index contributed by atoms with van der Waals surface area (Å²) in [7, 11) is 0. The Balaban J connectivity index is 2.27. The Labute approximate surface area is 158 Å². The Kier molecular flexibility index (Phi) is 4.83. The molecule has 2 aromatic carbocycles. The minimum Gasteiger partial charge on any atom is -0.449 e. The van der Waals surface area contributed by atoms with E-state index in [9.17, 15) is 19.7 Å². The van der Waals surface area contributed by atoms with Crippen molar-refractivity contribution in [3.8, 4) is 0 Å². The van der Waals surface area contributed by atoms with E-state index >= 15 is 0 Å². The summed E-state index contributed by atoms with van der Waals surface area (Å²) in [6.45, 7) is 1.71. The van der Waals surface area contributed by atoms with Crippen LogP contribution in [0.3, 0.4) is 0 Å². The molecule has 0 unspecified atom stereocenters. The number of aromatic nitrogens is 1. The lowest BCUT2D eigenvalue weighted by Crippen LogP contribution is -2.20. The van der Waals surface area contributed by atoms with Crippen LogP contribution in [0.2, 0.25) is 5.02 Å². The highest BCUT2D eigenvalue weighted by atomic mass is 35.5. The number of carbonyl (C=O) groups excluding carboxylic acids is 2. The van der Waals surface area contributed by atoms with Gasteiger partial charge in [0.05, 0.1) is 22.7 Å². The standard InChI is InChI=1S/C18H14ClN3O5/c1-2-27-18(24)21-14-9-11(19)6-7-13(14)15(20)16(21)17(23)10-4-3-5-12(8-10)22(25)26/h3-9H,2,20H2,1H3. The van der Waals surface area contributed by atoms with Gasteiger partial charge in [-0.25, -0.2) is 9.36 Å². The van der Waals surface area contributed by atoms with E-state index in [0.717, 1.165) is 10.6 Å². The summed E-state index contributed by atoms with van der Waals surface area (Å²) in [6.07, 6.45) is -0.796. The minimum absolute atomic E-state index is 0.0235. The zero-order valence-electron chi connectivity index (χ0n) is 14.1. The molecule has 1 heterocycles. The van der Waals surface area contributed by atoms with Crippen molar-refractivity contribution in [2.75, 3.05) is 12.3 Å². The van der Waals surface area contributed by atoms with E-state index in [-0.39, 0.29) is 29.2 Å². The van der Waals surface area contributed by atoms with Gasteiger partial charge in [0.25, 0.3) is 5.69 Å². The average molecular weight is 388 g/mol. The van der Waals surface area contributed by atoms with E-state index in [0.29, 0.717) is 15.9 Å². The maximum Gasteiger partial charge on any atom is 0.419 e. The number of hydrogen-bond donors (Lipinski definition) is 1. The van der Waals surface area contributed by atoms with Gasteiger partial charge in [-0.05, 0) is 25.1 Å². The van der Waals surface area contributed by atoms with Crippen molar-refractivity contribution in [1.82, 2.24) is 4.57 Å². The maximum atomic E-state index is 13.1. The first kappa shape index (κ1) is 18.4. The molecule has 0 aliphatic heterocycles. The number of carbonyl (C=O) groups is 2. The van der Waals surface area contributed by atoms with Crippen molar-refractivity contribution in [1.29, 1.82) is 0 Å². The van der Waals surface area contributed by atoms with Crippen molar-refractivity contribution in [3.05, 3.63) is 68.9 Å². The monoisotopic (exact) mass is 387 g/mol. The average Bonchev–Trinajstić information content (AvgIpc) is 2.93. The Morgan fingerprint density at radius 1 is 1.26 bits per heavy atom. The van der Waals surface area contributed by atoms with E-state index in [1.165, 1.54) is 24.3 Å². The highest BCUT2D eigenvalue weighted by molar-refractivity contribution is 6.31. The van der Waals surface area contributed by atoms with Crippen LogP contribution in [0.5, 0.6) is 0 Å². The van der Waals surface area contributed by atoms with Crippen LogP contribution in [0.15, 0.2) is 42.5 Å². The molecule has 3 aromatic rings. The number of hydrogen-bond acceptors (Lipinski definition) is 6. The van der Waals surface area contributed by atoms with Gasteiger partial charge in [0.2, 0.25) is 5.78 Å². The third-order valence-corrected chi connectivity index (χ3v) is 4.19.